The normalized spacial score (nSPS) is 11.0. The van der Waals surface area contributed by atoms with E-state index in [1.54, 1.807) is 26.8 Å². The average molecular weight is 294 g/mol. The molecular weight excluding hydrogens is 272 g/mol. The monoisotopic (exact) mass is 294 g/mol. The van der Waals surface area contributed by atoms with Crippen LogP contribution in [0.15, 0.2) is 16.9 Å². The lowest BCUT2D eigenvalue weighted by Crippen LogP contribution is -2.33. The minimum absolute atomic E-state index is 0.158. The van der Waals surface area contributed by atoms with Crippen molar-refractivity contribution >= 4 is 11.9 Å². The molecule has 21 heavy (non-hydrogen) atoms. The molecule has 1 heterocycles. The molecule has 0 aliphatic rings. The number of rotatable bonds is 5. The van der Waals surface area contributed by atoms with Gasteiger partial charge < -0.3 is 15.0 Å². The molecule has 0 fully saturated rings. The number of aromatic amines is 1. The summed E-state index contributed by atoms with van der Waals surface area (Å²) in [6.45, 7) is 7.20. The van der Waals surface area contributed by atoms with Gasteiger partial charge in [0.15, 0.2) is 5.78 Å². The van der Waals surface area contributed by atoms with Crippen molar-refractivity contribution in [2.45, 2.75) is 46.1 Å². The van der Waals surface area contributed by atoms with Crippen LogP contribution in [0.4, 0.5) is 4.79 Å². The van der Waals surface area contributed by atoms with Crippen molar-refractivity contribution in [3.05, 3.63) is 33.7 Å². The Morgan fingerprint density at radius 2 is 1.95 bits per heavy atom. The summed E-state index contributed by atoms with van der Waals surface area (Å²) in [7, 11) is 0. The molecule has 0 unspecified atom stereocenters. The number of ether oxygens (including phenoxy) is 1. The van der Waals surface area contributed by atoms with Crippen LogP contribution in [0.3, 0.4) is 0 Å². The molecule has 6 heteroatoms. The molecule has 1 aromatic heterocycles. The number of hydrogen-bond acceptors (Lipinski definition) is 4. The smallest absolute Gasteiger partial charge is 0.407 e. The topological polar surface area (TPSA) is 88.3 Å². The number of hydrogen-bond donors (Lipinski definition) is 2. The third-order valence-corrected chi connectivity index (χ3v) is 2.64. The van der Waals surface area contributed by atoms with Crippen LogP contribution in [-0.2, 0) is 11.2 Å². The van der Waals surface area contributed by atoms with Gasteiger partial charge in [-0.05, 0) is 52.7 Å². The number of nitrogens with one attached hydrogen (secondary N) is 2. The molecular formula is C15H22N2O4. The molecule has 0 atom stereocenters. The summed E-state index contributed by atoms with van der Waals surface area (Å²) in [5.74, 6) is -0.255. The predicted molar refractivity (Wildman–Crippen MR) is 79.6 cm³/mol. The van der Waals surface area contributed by atoms with E-state index in [-0.39, 0.29) is 16.9 Å². The Bertz CT molecular complexity index is 570. The Morgan fingerprint density at radius 1 is 1.29 bits per heavy atom. The van der Waals surface area contributed by atoms with Gasteiger partial charge in [0.25, 0.3) is 5.56 Å². The zero-order valence-electron chi connectivity index (χ0n) is 12.9. The Labute approximate surface area is 123 Å². The Morgan fingerprint density at radius 3 is 2.48 bits per heavy atom. The second-order valence-electron chi connectivity index (χ2n) is 5.81. The van der Waals surface area contributed by atoms with E-state index in [1.165, 1.54) is 13.0 Å². The first-order valence-electron chi connectivity index (χ1n) is 6.89. The largest absolute Gasteiger partial charge is 0.444 e. The van der Waals surface area contributed by atoms with Crippen LogP contribution in [0.1, 0.15) is 50.2 Å². The van der Waals surface area contributed by atoms with E-state index in [4.69, 9.17) is 4.74 Å². The lowest BCUT2D eigenvalue weighted by Gasteiger charge is -2.19. The highest BCUT2D eigenvalue weighted by Crippen LogP contribution is 2.06. The molecule has 0 bridgehead atoms. The molecule has 0 spiro atoms. The average Bonchev–Trinajstić information content (AvgIpc) is 2.32. The second kappa shape index (κ2) is 7.06. The maximum Gasteiger partial charge on any atom is 0.407 e. The number of pyridine rings is 1. The number of Topliss-reactive ketones (excluding diaryl/α,β-unsaturated/α-hetero) is 1. The van der Waals surface area contributed by atoms with Gasteiger partial charge in [0.05, 0.1) is 5.56 Å². The molecule has 116 valence electrons. The molecule has 1 rings (SSSR count). The standard InChI is InChI=1S/C15H22N2O4/c1-10(18)12-8-7-11(17-13(12)19)6-5-9-16-14(20)21-15(2,3)4/h7-8H,5-6,9H2,1-4H3,(H,16,20)(H,17,19). The fourth-order valence-corrected chi connectivity index (χ4v) is 1.72. The molecule has 0 aliphatic heterocycles. The van der Waals surface area contributed by atoms with Gasteiger partial charge in [-0.2, -0.15) is 0 Å². The van der Waals surface area contributed by atoms with Gasteiger partial charge in [0, 0.05) is 12.2 Å². The molecule has 1 amide bonds. The molecule has 0 saturated heterocycles. The Hall–Kier alpha value is -2.11. The lowest BCUT2D eigenvalue weighted by atomic mass is 10.1. The quantitative estimate of drug-likeness (QED) is 0.642. The lowest BCUT2D eigenvalue weighted by molar-refractivity contribution is 0.0527. The molecule has 0 aliphatic carbocycles. The van der Waals surface area contributed by atoms with Crippen LogP contribution in [0.5, 0.6) is 0 Å². The maximum absolute atomic E-state index is 11.6. The van der Waals surface area contributed by atoms with E-state index < -0.39 is 11.7 Å². The molecule has 6 nitrogen and oxygen atoms in total. The summed E-state index contributed by atoms with van der Waals surface area (Å²) in [6.07, 6.45) is 0.806. The third-order valence-electron chi connectivity index (χ3n) is 2.64. The van der Waals surface area contributed by atoms with Crippen LogP contribution in [0, 0.1) is 0 Å². The fourth-order valence-electron chi connectivity index (χ4n) is 1.72. The summed E-state index contributed by atoms with van der Waals surface area (Å²) < 4.78 is 5.11. The van der Waals surface area contributed by atoms with Gasteiger partial charge in [-0.3, -0.25) is 9.59 Å². The Kier molecular flexibility index (Phi) is 5.69. The van der Waals surface area contributed by atoms with Gasteiger partial charge in [-0.25, -0.2) is 4.79 Å². The maximum atomic E-state index is 11.6. The van der Waals surface area contributed by atoms with Crippen LogP contribution < -0.4 is 10.9 Å². The van der Waals surface area contributed by atoms with Crippen molar-refractivity contribution in [1.82, 2.24) is 10.3 Å². The van der Waals surface area contributed by atoms with Crippen molar-refractivity contribution in [1.29, 1.82) is 0 Å². The highest BCUT2D eigenvalue weighted by Gasteiger charge is 2.15. The molecule has 1 aromatic rings. The van der Waals surface area contributed by atoms with Crippen LogP contribution in [-0.4, -0.2) is 29.0 Å². The zero-order valence-corrected chi connectivity index (χ0v) is 12.9. The van der Waals surface area contributed by atoms with E-state index in [0.29, 0.717) is 19.4 Å². The predicted octanol–water partition coefficient (Wildman–Crippen LogP) is 2.03. The highest BCUT2D eigenvalue weighted by molar-refractivity contribution is 5.93. The first-order chi connectivity index (χ1) is 9.69. The molecule has 2 N–H and O–H groups in total. The minimum Gasteiger partial charge on any atom is -0.444 e. The zero-order chi connectivity index (χ0) is 16.0. The highest BCUT2D eigenvalue weighted by atomic mass is 16.6. The van der Waals surface area contributed by atoms with E-state index >= 15 is 0 Å². The van der Waals surface area contributed by atoms with Crippen molar-refractivity contribution in [3.63, 3.8) is 0 Å². The molecule has 0 aromatic carbocycles. The van der Waals surface area contributed by atoms with E-state index in [9.17, 15) is 14.4 Å². The summed E-state index contributed by atoms with van der Waals surface area (Å²) in [5, 5.41) is 2.65. The van der Waals surface area contributed by atoms with Gasteiger partial charge in [-0.15, -0.1) is 0 Å². The van der Waals surface area contributed by atoms with Crippen LogP contribution in [0.2, 0.25) is 0 Å². The summed E-state index contributed by atoms with van der Waals surface area (Å²) in [6, 6.07) is 3.24. The van der Waals surface area contributed by atoms with Crippen molar-refractivity contribution < 1.29 is 14.3 Å². The number of H-pyrrole nitrogens is 1. The molecule has 0 saturated carbocycles. The van der Waals surface area contributed by atoms with Crippen molar-refractivity contribution in [3.8, 4) is 0 Å². The van der Waals surface area contributed by atoms with E-state index in [1.807, 2.05) is 0 Å². The van der Waals surface area contributed by atoms with Gasteiger partial charge in [0.1, 0.15) is 5.60 Å². The minimum atomic E-state index is -0.516. The first kappa shape index (κ1) is 16.9. The Balaban J connectivity index is 2.40. The molecule has 0 radical (unpaired) electrons. The van der Waals surface area contributed by atoms with Crippen LogP contribution >= 0.6 is 0 Å². The van der Waals surface area contributed by atoms with Crippen molar-refractivity contribution in [2.24, 2.45) is 0 Å². The van der Waals surface area contributed by atoms with Gasteiger partial charge in [-0.1, -0.05) is 0 Å². The summed E-state index contributed by atoms with van der Waals surface area (Å²) in [4.78, 5) is 36.8. The van der Waals surface area contributed by atoms with E-state index in [2.05, 4.69) is 10.3 Å². The number of carbonyl (C=O) groups is 2. The summed E-state index contributed by atoms with van der Waals surface area (Å²) >= 11 is 0. The number of aryl methyl sites for hydroxylation is 1. The number of carbonyl (C=O) groups excluding carboxylic acids is 2. The summed E-state index contributed by atoms with van der Waals surface area (Å²) in [5.41, 5.74) is -0.000549. The fraction of sp³-hybridized carbons (Fsp3) is 0.533. The van der Waals surface area contributed by atoms with E-state index in [0.717, 1.165) is 5.69 Å². The number of amides is 1. The number of ketones is 1. The van der Waals surface area contributed by atoms with Crippen molar-refractivity contribution in [2.75, 3.05) is 6.54 Å². The number of alkyl carbamates (subject to hydrolysis) is 1. The third kappa shape index (κ3) is 6.25. The first-order valence-corrected chi connectivity index (χ1v) is 6.89. The van der Waals surface area contributed by atoms with Crippen LogP contribution in [0.25, 0.3) is 0 Å². The van der Waals surface area contributed by atoms with Gasteiger partial charge in [0.2, 0.25) is 0 Å². The van der Waals surface area contributed by atoms with Gasteiger partial charge >= 0.3 is 6.09 Å². The second-order valence-corrected chi connectivity index (χ2v) is 5.81. The number of aromatic nitrogens is 1. The SMILES string of the molecule is CC(=O)c1ccc(CCCNC(=O)OC(C)(C)C)[nH]c1=O.